The number of hydrogen-bond donors (Lipinski definition) is 1. The molecule has 0 aromatic rings. The van der Waals surface area contributed by atoms with Gasteiger partial charge in [-0.2, -0.15) is 0 Å². The van der Waals surface area contributed by atoms with Crippen molar-refractivity contribution in [1.29, 1.82) is 0 Å². The van der Waals surface area contributed by atoms with E-state index in [-0.39, 0.29) is 12.4 Å². The highest BCUT2D eigenvalue weighted by atomic mass is 35.5. The minimum Gasteiger partial charge on any atom is -0.340 e. The number of piperidine rings is 1. The van der Waals surface area contributed by atoms with Gasteiger partial charge in [0.05, 0.1) is 0 Å². The van der Waals surface area contributed by atoms with Gasteiger partial charge in [0, 0.05) is 45.7 Å². The summed E-state index contributed by atoms with van der Waals surface area (Å²) in [6.45, 7) is 9.31. The van der Waals surface area contributed by atoms with Crippen LogP contribution in [0.4, 0.5) is 0 Å². The highest BCUT2D eigenvalue weighted by Gasteiger charge is 2.21. The maximum atomic E-state index is 12.1. The second-order valence-electron chi connectivity index (χ2n) is 5.98. The van der Waals surface area contributed by atoms with Gasteiger partial charge in [-0.3, -0.25) is 4.79 Å². The number of likely N-dealkylation sites (tertiary alicyclic amines) is 1. The SMILES string of the molecule is CCCC1CCCN(CCC(=O)N2CCNCC2)C1.Cl. The standard InChI is InChI=1S/C15H29N3O.ClH/c1-2-4-14-5-3-9-17(13-14)10-6-15(19)18-11-7-16-8-12-18;/h14,16H,2-13H2,1H3;1H. The van der Waals surface area contributed by atoms with Crippen LogP contribution >= 0.6 is 12.4 Å². The van der Waals surface area contributed by atoms with Gasteiger partial charge in [0.2, 0.25) is 5.91 Å². The second-order valence-corrected chi connectivity index (χ2v) is 5.98. The predicted molar refractivity (Wildman–Crippen MR) is 85.4 cm³/mol. The molecule has 2 aliphatic rings. The van der Waals surface area contributed by atoms with Crippen LogP contribution in [0, 0.1) is 5.92 Å². The van der Waals surface area contributed by atoms with Gasteiger partial charge < -0.3 is 15.1 Å². The summed E-state index contributed by atoms with van der Waals surface area (Å²) in [5, 5.41) is 3.29. The summed E-state index contributed by atoms with van der Waals surface area (Å²) >= 11 is 0. The molecule has 2 saturated heterocycles. The van der Waals surface area contributed by atoms with E-state index < -0.39 is 0 Å². The Labute approximate surface area is 129 Å². The highest BCUT2D eigenvalue weighted by molar-refractivity contribution is 5.85. The summed E-state index contributed by atoms with van der Waals surface area (Å²) in [6.07, 6.45) is 6.04. The van der Waals surface area contributed by atoms with Crippen LogP contribution in [0.5, 0.6) is 0 Å². The van der Waals surface area contributed by atoms with Gasteiger partial charge in [-0.1, -0.05) is 13.3 Å². The molecule has 4 nitrogen and oxygen atoms in total. The Bertz CT molecular complexity index is 280. The van der Waals surface area contributed by atoms with Crippen LogP contribution in [0.15, 0.2) is 0 Å². The van der Waals surface area contributed by atoms with Gasteiger partial charge in [0.1, 0.15) is 0 Å². The van der Waals surface area contributed by atoms with Crippen LogP contribution in [-0.2, 0) is 4.79 Å². The number of piperazine rings is 1. The van der Waals surface area contributed by atoms with E-state index in [4.69, 9.17) is 0 Å². The molecule has 2 heterocycles. The van der Waals surface area contributed by atoms with Crippen LogP contribution in [0.1, 0.15) is 39.0 Å². The summed E-state index contributed by atoms with van der Waals surface area (Å²) in [6, 6.07) is 0. The normalized spacial score (nSPS) is 24.2. The first-order chi connectivity index (χ1) is 9.29. The smallest absolute Gasteiger partial charge is 0.223 e. The van der Waals surface area contributed by atoms with Crippen molar-refractivity contribution in [2.24, 2.45) is 5.92 Å². The summed E-state index contributed by atoms with van der Waals surface area (Å²) in [7, 11) is 0. The number of rotatable bonds is 5. The fourth-order valence-corrected chi connectivity index (χ4v) is 3.32. The molecule has 20 heavy (non-hydrogen) atoms. The van der Waals surface area contributed by atoms with E-state index in [0.717, 1.165) is 38.6 Å². The zero-order chi connectivity index (χ0) is 13.5. The maximum absolute atomic E-state index is 12.1. The Morgan fingerprint density at radius 3 is 2.70 bits per heavy atom. The zero-order valence-corrected chi connectivity index (χ0v) is 13.6. The topological polar surface area (TPSA) is 35.6 Å². The number of halogens is 1. The zero-order valence-electron chi connectivity index (χ0n) is 12.8. The lowest BCUT2D eigenvalue weighted by molar-refractivity contribution is -0.132. The van der Waals surface area contributed by atoms with Crippen molar-refractivity contribution >= 4 is 18.3 Å². The third kappa shape index (κ3) is 5.58. The van der Waals surface area contributed by atoms with Gasteiger partial charge in [-0.25, -0.2) is 0 Å². The molecule has 5 heteroatoms. The second kappa shape index (κ2) is 9.59. The molecule has 2 fully saturated rings. The summed E-state index contributed by atoms with van der Waals surface area (Å²) < 4.78 is 0. The van der Waals surface area contributed by atoms with Crippen molar-refractivity contribution in [2.45, 2.75) is 39.0 Å². The highest BCUT2D eigenvalue weighted by Crippen LogP contribution is 2.20. The van der Waals surface area contributed by atoms with Crippen molar-refractivity contribution < 1.29 is 4.79 Å². The number of carbonyl (C=O) groups is 1. The fraction of sp³-hybridized carbons (Fsp3) is 0.933. The largest absolute Gasteiger partial charge is 0.340 e. The molecule has 0 radical (unpaired) electrons. The van der Waals surface area contributed by atoms with E-state index in [0.29, 0.717) is 12.3 Å². The molecule has 0 aromatic carbocycles. The first kappa shape index (κ1) is 17.7. The molecule has 0 aliphatic carbocycles. The van der Waals surface area contributed by atoms with Crippen molar-refractivity contribution in [3.63, 3.8) is 0 Å². The number of carbonyl (C=O) groups excluding carboxylic acids is 1. The molecule has 0 aromatic heterocycles. The lowest BCUT2D eigenvalue weighted by Crippen LogP contribution is -2.47. The first-order valence-electron chi connectivity index (χ1n) is 8.00. The number of amides is 1. The van der Waals surface area contributed by atoms with Crippen LogP contribution in [-0.4, -0.2) is 61.5 Å². The van der Waals surface area contributed by atoms with Crippen LogP contribution in [0.3, 0.4) is 0 Å². The summed E-state index contributed by atoms with van der Waals surface area (Å²) in [5.74, 6) is 1.21. The van der Waals surface area contributed by atoms with E-state index in [1.807, 2.05) is 4.90 Å². The minimum absolute atomic E-state index is 0. The molecule has 1 amide bonds. The minimum atomic E-state index is 0. The van der Waals surface area contributed by atoms with Gasteiger partial charge in [-0.15, -0.1) is 12.4 Å². The third-order valence-electron chi connectivity index (χ3n) is 4.41. The molecule has 118 valence electrons. The van der Waals surface area contributed by atoms with Gasteiger partial charge >= 0.3 is 0 Å². The Morgan fingerprint density at radius 1 is 1.25 bits per heavy atom. The molecular formula is C15H30ClN3O. The van der Waals surface area contributed by atoms with Gasteiger partial charge in [0.25, 0.3) is 0 Å². The Hall–Kier alpha value is -0.320. The van der Waals surface area contributed by atoms with Crippen molar-refractivity contribution in [3.05, 3.63) is 0 Å². The number of nitrogens with zero attached hydrogens (tertiary/aromatic N) is 2. The fourth-order valence-electron chi connectivity index (χ4n) is 3.32. The van der Waals surface area contributed by atoms with E-state index >= 15 is 0 Å². The van der Waals surface area contributed by atoms with Crippen molar-refractivity contribution in [3.8, 4) is 0 Å². The molecule has 2 rings (SSSR count). The number of nitrogens with one attached hydrogen (secondary N) is 1. The van der Waals surface area contributed by atoms with Crippen LogP contribution in [0.25, 0.3) is 0 Å². The lowest BCUT2D eigenvalue weighted by atomic mass is 9.93. The average molecular weight is 304 g/mol. The molecular weight excluding hydrogens is 274 g/mol. The molecule has 0 saturated carbocycles. The maximum Gasteiger partial charge on any atom is 0.223 e. The summed E-state index contributed by atoms with van der Waals surface area (Å²) in [4.78, 5) is 16.6. The van der Waals surface area contributed by atoms with E-state index in [9.17, 15) is 4.79 Å². The Balaban J connectivity index is 0.00000200. The molecule has 0 bridgehead atoms. The van der Waals surface area contributed by atoms with E-state index in [1.165, 1.54) is 38.8 Å². The third-order valence-corrected chi connectivity index (χ3v) is 4.41. The Morgan fingerprint density at radius 2 is 2.00 bits per heavy atom. The molecule has 1 unspecified atom stereocenters. The monoisotopic (exact) mass is 303 g/mol. The van der Waals surface area contributed by atoms with Crippen LogP contribution in [0.2, 0.25) is 0 Å². The molecule has 1 atom stereocenters. The quantitative estimate of drug-likeness (QED) is 0.840. The van der Waals surface area contributed by atoms with E-state index in [2.05, 4.69) is 17.1 Å². The van der Waals surface area contributed by atoms with Gasteiger partial charge in [0.15, 0.2) is 0 Å². The molecule has 2 aliphatic heterocycles. The summed E-state index contributed by atoms with van der Waals surface area (Å²) in [5.41, 5.74) is 0. The van der Waals surface area contributed by atoms with Crippen molar-refractivity contribution in [1.82, 2.24) is 15.1 Å². The van der Waals surface area contributed by atoms with Crippen molar-refractivity contribution in [2.75, 3.05) is 45.8 Å². The molecule has 1 N–H and O–H groups in total. The predicted octanol–water partition coefficient (Wildman–Crippen LogP) is 1.74. The van der Waals surface area contributed by atoms with Gasteiger partial charge in [-0.05, 0) is 31.7 Å². The van der Waals surface area contributed by atoms with Crippen LogP contribution < -0.4 is 5.32 Å². The van der Waals surface area contributed by atoms with E-state index in [1.54, 1.807) is 0 Å². The Kier molecular flexibility index (Phi) is 8.50. The molecule has 0 spiro atoms. The first-order valence-corrected chi connectivity index (χ1v) is 8.00. The number of hydrogen-bond acceptors (Lipinski definition) is 3. The average Bonchev–Trinajstić information content (AvgIpc) is 2.46. The lowest BCUT2D eigenvalue weighted by Gasteiger charge is -2.33.